The Labute approximate surface area is 139 Å². The predicted molar refractivity (Wildman–Crippen MR) is 96.3 cm³/mol. The van der Waals surface area contributed by atoms with Crippen LogP contribution in [0.15, 0.2) is 36.4 Å². The number of hydrogen-bond acceptors (Lipinski definition) is 2. The fourth-order valence-corrected chi connectivity index (χ4v) is 3.40. The molecule has 0 fully saturated rings. The molecule has 3 rings (SSSR count). The van der Waals surface area contributed by atoms with Gasteiger partial charge >= 0.3 is 5.97 Å². The number of thiophene rings is 1. The van der Waals surface area contributed by atoms with Gasteiger partial charge in [0.15, 0.2) is 0 Å². The molecular formula is C18H19ClO2S. The first kappa shape index (κ1) is 16.8. The summed E-state index contributed by atoms with van der Waals surface area (Å²) in [5, 5.41) is 11.8. The van der Waals surface area contributed by atoms with Gasteiger partial charge in [-0.05, 0) is 29.8 Å². The molecule has 1 heterocycles. The van der Waals surface area contributed by atoms with Crippen LogP contribution in [0.2, 0.25) is 5.02 Å². The first-order chi connectivity index (χ1) is 10.5. The van der Waals surface area contributed by atoms with Gasteiger partial charge in [0, 0.05) is 25.2 Å². The van der Waals surface area contributed by atoms with Gasteiger partial charge in [-0.15, -0.1) is 11.3 Å². The summed E-state index contributed by atoms with van der Waals surface area (Å²) < 4.78 is 2.27. The van der Waals surface area contributed by atoms with Crippen molar-refractivity contribution in [3.8, 4) is 0 Å². The van der Waals surface area contributed by atoms with E-state index in [0.717, 1.165) is 26.1 Å². The summed E-state index contributed by atoms with van der Waals surface area (Å²) >= 11 is 7.66. The Morgan fingerprint density at radius 2 is 1.77 bits per heavy atom. The lowest BCUT2D eigenvalue weighted by molar-refractivity contribution is -0.136. The first-order valence-electron chi connectivity index (χ1n) is 7.37. The van der Waals surface area contributed by atoms with Gasteiger partial charge < -0.3 is 5.11 Å². The van der Waals surface area contributed by atoms with Gasteiger partial charge in [-0.1, -0.05) is 50.4 Å². The van der Waals surface area contributed by atoms with Crippen molar-refractivity contribution in [2.45, 2.75) is 33.1 Å². The van der Waals surface area contributed by atoms with E-state index in [9.17, 15) is 4.79 Å². The second kappa shape index (κ2) is 7.61. The second-order valence-corrected chi connectivity index (χ2v) is 6.66. The maximum absolute atomic E-state index is 10.7. The van der Waals surface area contributed by atoms with Crippen LogP contribution in [-0.4, -0.2) is 11.1 Å². The largest absolute Gasteiger partial charge is 0.481 e. The van der Waals surface area contributed by atoms with Gasteiger partial charge in [-0.3, -0.25) is 4.79 Å². The minimum Gasteiger partial charge on any atom is -0.481 e. The van der Waals surface area contributed by atoms with Crippen molar-refractivity contribution in [2.75, 3.05) is 0 Å². The Hall–Kier alpha value is -1.58. The minimum atomic E-state index is -0.807. The Morgan fingerprint density at radius 3 is 2.41 bits per heavy atom. The highest BCUT2D eigenvalue weighted by molar-refractivity contribution is 7.25. The number of fused-ring (bicyclic) bond motifs is 3. The smallest absolute Gasteiger partial charge is 0.307 e. The average Bonchev–Trinajstić information content (AvgIpc) is 2.84. The zero-order valence-electron chi connectivity index (χ0n) is 12.7. The Morgan fingerprint density at radius 1 is 1.05 bits per heavy atom. The molecular weight excluding hydrogens is 316 g/mol. The highest BCUT2D eigenvalue weighted by Gasteiger charge is 2.07. The lowest BCUT2D eigenvalue weighted by atomic mass is 10.1. The molecule has 0 bridgehead atoms. The van der Waals surface area contributed by atoms with Gasteiger partial charge in [-0.25, -0.2) is 0 Å². The van der Waals surface area contributed by atoms with Crippen LogP contribution in [0.4, 0.5) is 0 Å². The fourth-order valence-electron chi connectivity index (χ4n) is 2.08. The summed E-state index contributed by atoms with van der Waals surface area (Å²) in [7, 11) is 0. The molecule has 0 spiro atoms. The number of benzene rings is 2. The van der Waals surface area contributed by atoms with Crippen LogP contribution in [0.1, 0.15) is 32.3 Å². The van der Waals surface area contributed by atoms with E-state index in [1.165, 1.54) is 17.5 Å². The van der Waals surface area contributed by atoms with Gasteiger partial charge in [0.25, 0.3) is 0 Å². The lowest BCUT2D eigenvalue weighted by Crippen LogP contribution is -1.99. The molecule has 2 nitrogen and oxygen atoms in total. The van der Waals surface area contributed by atoms with Crippen LogP contribution in [0.5, 0.6) is 0 Å². The van der Waals surface area contributed by atoms with E-state index in [1.807, 2.05) is 36.4 Å². The summed E-state index contributed by atoms with van der Waals surface area (Å²) in [5.41, 5.74) is 0.827. The number of carboxylic acid groups (broad SMARTS) is 1. The van der Waals surface area contributed by atoms with Crippen LogP contribution < -0.4 is 0 Å². The van der Waals surface area contributed by atoms with Gasteiger partial charge in [0.05, 0.1) is 6.42 Å². The standard InChI is InChI=1S/C14H9ClO2S.C4H10/c15-9-2-4-12-11(7-9)10-3-1-8(6-14(16)17)5-13(10)18-12;1-3-4-2/h1-5,7H,6H2,(H,16,17);3-4H2,1-2H3. The van der Waals surface area contributed by atoms with Crippen molar-refractivity contribution in [1.82, 2.24) is 0 Å². The minimum absolute atomic E-state index is 0.0605. The van der Waals surface area contributed by atoms with Gasteiger partial charge in [-0.2, -0.15) is 0 Å². The number of rotatable bonds is 3. The predicted octanol–water partition coefficient (Wildman–Crippen LogP) is 6.14. The molecule has 0 saturated carbocycles. The first-order valence-corrected chi connectivity index (χ1v) is 8.57. The molecule has 0 amide bonds. The van der Waals surface area contributed by atoms with Crippen molar-refractivity contribution in [3.63, 3.8) is 0 Å². The second-order valence-electron chi connectivity index (χ2n) is 5.14. The number of aliphatic carboxylic acids is 1. The molecule has 3 aromatic rings. The normalized spacial score (nSPS) is 10.5. The number of carboxylic acids is 1. The Kier molecular flexibility index (Phi) is 5.81. The van der Waals surface area contributed by atoms with E-state index < -0.39 is 5.97 Å². The van der Waals surface area contributed by atoms with Crippen molar-refractivity contribution in [3.05, 3.63) is 47.0 Å². The number of halogens is 1. The third-order valence-corrected chi connectivity index (χ3v) is 4.72. The van der Waals surface area contributed by atoms with E-state index in [1.54, 1.807) is 11.3 Å². The molecule has 0 aliphatic rings. The number of hydrogen-bond donors (Lipinski definition) is 1. The quantitative estimate of drug-likeness (QED) is 0.624. The molecule has 2 aromatic carbocycles. The van der Waals surface area contributed by atoms with Crippen LogP contribution in [-0.2, 0) is 11.2 Å². The zero-order chi connectivity index (χ0) is 16.1. The Balaban J connectivity index is 0.000000396. The number of unbranched alkanes of at least 4 members (excludes halogenated alkanes) is 1. The van der Waals surface area contributed by atoms with Crippen molar-refractivity contribution in [2.24, 2.45) is 0 Å². The molecule has 116 valence electrons. The Bertz CT molecular complexity index is 790. The number of carbonyl (C=O) groups is 1. The highest BCUT2D eigenvalue weighted by Crippen LogP contribution is 2.35. The highest BCUT2D eigenvalue weighted by atomic mass is 35.5. The van der Waals surface area contributed by atoms with Crippen molar-refractivity contribution >= 4 is 49.1 Å². The lowest BCUT2D eigenvalue weighted by Gasteiger charge is -1.97. The zero-order valence-corrected chi connectivity index (χ0v) is 14.3. The van der Waals surface area contributed by atoms with E-state index in [2.05, 4.69) is 13.8 Å². The van der Waals surface area contributed by atoms with Crippen LogP contribution in [0.25, 0.3) is 20.2 Å². The van der Waals surface area contributed by atoms with E-state index in [-0.39, 0.29) is 6.42 Å². The summed E-state index contributed by atoms with van der Waals surface area (Å²) in [6.07, 6.45) is 2.70. The maximum atomic E-state index is 10.7. The molecule has 0 unspecified atom stereocenters. The van der Waals surface area contributed by atoms with Crippen molar-refractivity contribution < 1.29 is 9.90 Å². The molecule has 1 N–H and O–H groups in total. The fraction of sp³-hybridized carbons (Fsp3) is 0.278. The molecule has 0 atom stereocenters. The van der Waals surface area contributed by atoms with Crippen LogP contribution in [0.3, 0.4) is 0 Å². The summed E-state index contributed by atoms with van der Waals surface area (Å²) in [6.45, 7) is 4.36. The molecule has 1 aromatic heterocycles. The van der Waals surface area contributed by atoms with Gasteiger partial charge in [0.2, 0.25) is 0 Å². The van der Waals surface area contributed by atoms with E-state index >= 15 is 0 Å². The third kappa shape index (κ3) is 3.99. The van der Waals surface area contributed by atoms with E-state index in [0.29, 0.717) is 0 Å². The van der Waals surface area contributed by atoms with Crippen LogP contribution in [0, 0.1) is 0 Å². The summed E-state index contributed by atoms with van der Waals surface area (Å²) in [6, 6.07) is 11.6. The molecule has 0 saturated heterocycles. The SMILES string of the molecule is CCCC.O=C(O)Cc1ccc2c(c1)sc1ccc(Cl)cc12. The summed E-state index contributed by atoms with van der Waals surface area (Å²) in [5.74, 6) is -0.807. The monoisotopic (exact) mass is 334 g/mol. The third-order valence-electron chi connectivity index (χ3n) is 3.35. The molecule has 0 radical (unpaired) electrons. The topological polar surface area (TPSA) is 37.3 Å². The van der Waals surface area contributed by atoms with E-state index in [4.69, 9.17) is 16.7 Å². The van der Waals surface area contributed by atoms with Crippen LogP contribution >= 0.6 is 22.9 Å². The average molecular weight is 335 g/mol. The molecule has 4 heteroatoms. The summed E-state index contributed by atoms with van der Waals surface area (Å²) in [4.78, 5) is 10.7. The molecule has 0 aliphatic heterocycles. The van der Waals surface area contributed by atoms with Gasteiger partial charge in [0.1, 0.15) is 0 Å². The molecule has 22 heavy (non-hydrogen) atoms. The molecule has 0 aliphatic carbocycles. The maximum Gasteiger partial charge on any atom is 0.307 e. The van der Waals surface area contributed by atoms with Crippen molar-refractivity contribution in [1.29, 1.82) is 0 Å².